The Balaban J connectivity index is 2.14. The molecule has 0 aromatic carbocycles. The van der Waals surface area contributed by atoms with Crippen molar-refractivity contribution < 1.29 is 0 Å². The molecule has 2 aliphatic heterocycles. The van der Waals surface area contributed by atoms with E-state index in [0.717, 1.165) is 23.8 Å². The van der Waals surface area contributed by atoms with Gasteiger partial charge in [-0.15, -0.1) is 0 Å². The lowest BCUT2D eigenvalue weighted by Crippen LogP contribution is -2.57. The van der Waals surface area contributed by atoms with E-state index in [1.54, 1.807) is 0 Å². The molecule has 2 aliphatic rings. The Morgan fingerprint density at radius 2 is 2.25 bits per heavy atom. The van der Waals surface area contributed by atoms with Gasteiger partial charge in [-0.25, -0.2) is 0 Å². The van der Waals surface area contributed by atoms with Crippen molar-refractivity contribution in [2.45, 2.75) is 56.9 Å². The molecule has 0 aromatic rings. The predicted molar refractivity (Wildman–Crippen MR) is 72.9 cm³/mol. The van der Waals surface area contributed by atoms with Gasteiger partial charge in [-0.1, -0.05) is 20.8 Å². The average molecular weight is 242 g/mol. The number of nitrogens with two attached hydrogens (primary N) is 1. The fourth-order valence-electron chi connectivity index (χ4n) is 3.48. The van der Waals surface area contributed by atoms with Crippen molar-refractivity contribution in [3.8, 4) is 0 Å². The molecule has 2 rings (SSSR count). The van der Waals surface area contributed by atoms with Crippen molar-refractivity contribution in [2.24, 2.45) is 11.7 Å². The average Bonchev–Trinajstić information content (AvgIpc) is 2.84. The highest BCUT2D eigenvalue weighted by Gasteiger charge is 2.46. The highest BCUT2D eigenvalue weighted by atomic mass is 32.2. The normalized spacial score (nSPS) is 41.1. The fraction of sp³-hybridized carbons (Fsp3) is 1.00. The van der Waals surface area contributed by atoms with Crippen molar-refractivity contribution in [2.75, 3.05) is 18.8 Å². The predicted octanol–water partition coefficient (Wildman–Crippen LogP) is 2.33. The molecule has 0 saturated carbocycles. The lowest BCUT2D eigenvalue weighted by Gasteiger charge is -2.43. The molecule has 2 nitrogen and oxygen atoms in total. The third kappa shape index (κ3) is 2.14. The molecule has 3 atom stereocenters. The number of nitrogens with zero attached hydrogens (tertiary/aromatic N) is 1. The number of hydrogen-bond acceptors (Lipinski definition) is 3. The molecule has 94 valence electrons. The van der Waals surface area contributed by atoms with Crippen LogP contribution in [0.15, 0.2) is 0 Å². The summed E-state index contributed by atoms with van der Waals surface area (Å²) in [6.07, 6.45) is 4.03. The van der Waals surface area contributed by atoms with Crippen molar-refractivity contribution >= 4 is 11.8 Å². The highest BCUT2D eigenvalue weighted by Crippen LogP contribution is 2.42. The van der Waals surface area contributed by atoms with Crippen molar-refractivity contribution in [1.29, 1.82) is 0 Å². The van der Waals surface area contributed by atoms with E-state index in [1.807, 2.05) is 0 Å². The molecule has 3 unspecified atom stereocenters. The Morgan fingerprint density at radius 1 is 1.50 bits per heavy atom. The Kier molecular flexibility index (Phi) is 3.87. The zero-order valence-electron chi connectivity index (χ0n) is 10.9. The zero-order chi connectivity index (χ0) is 11.8. The molecule has 2 saturated heterocycles. The lowest BCUT2D eigenvalue weighted by atomic mass is 9.90. The van der Waals surface area contributed by atoms with Gasteiger partial charge in [0.2, 0.25) is 0 Å². The molecule has 0 amide bonds. The first-order chi connectivity index (χ1) is 7.59. The van der Waals surface area contributed by atoms with Crippen LogP contribution in [0.4, 0.5) is 0 Å². The summed E-state index contributed by atoms with van der Waals surface area (Å²) in [7, 11) is 0. The van der Waals surface area contributed by atoms with Gasteiger partial charge in [-0.05, 0) is 31.7 Å². The maximum absolute atomic E-state index is 6.12. The minimum atomic E-state index is 0.315. The van der Waals surface area contributed by atoms with E-state index in [0.29, 0.717) is 5.54 Å². The molecule has 0 bridgehead atoms. The van der Waals surface area contributed by atoms with Crippen LogP contribution >= 0.6 is 11.8 Å². The summed E-state index contributed by atoms with van der Waals surface area (Å²) in [4.78, 5) is 2.76. The first kappa shape index (κ1) is 12.7. The molecule has 2 N–H and O–H groups in total. The maximum Gasteiger partial charge on any atom is 0.0435 e. The second-order valence-corrected chi connectivity index (χ2v) is 7.33. The number of thioether (sulfide) groups is 1. The van der Waals surface area contributed by atoms with Crippen molar-refractivity contribution in [3.63, 3.8) is 0 Å². The summed E-state index contributed by atoms with van der Waals surface area (Å²) >= 11 is 2.11. The van der Waals surface area contributed by atoms with E-state index in [-0.39, 0.29) is 0 Å². The molecule has 3 heteroatoms. The number of likely N-dealkylation sites (tertiary alicyclic amines) is 1. The van der Waals surface area contributed by atoms with Crippen molar-refractivity contribution in [3.05, 3.63) is 0 Å². The topological polar surface area (TPSA) is 29.3 Å². The summed E-state index contributed by atoms with van der Waals surface area (Å²) in [6, 6.07) is 0.773. The minimum Gasteiger partial charge on any atom is -0.329 e. The second-order valence-electron chi connectivity index (χ2n) is 5.90. The fourth-order valence-corrected chi connectivity index (χ4v) is 4.91. The first-order valence-electron chi connectivity index (χ1n) is 6.67. The third-order valence-corrected chi connectivity index (χ3v) is 5.80. The second kappa shape index (κ2) is 4.87. The van der Waals surface area contributed by atoms with E-state index < -0.39 is 0 Å². The van der Waals surface area contributed by atoms with Gasteiger partial charge in [-0.3, -0.25) is 4.90 Å². The van der Waals surface area contributed by atoms with E-state index in [9.17, 15) is 0 Å². The summed E-state index contributed by atoms with van der Waals surface area (Å²) < 4.78 is 0. The van der Waals surface area contributed by atoms with Gasteiger partial charge in [0.15, 0.2) is 0 Å². The third-order valence-electron chi connectivity index (χ3n) is 4.36. The monoisotopic (exact) mass is 242 g/mol. The quantitative estimate of drug-likeness (QED) is 0.823. The largest absolute Gasteiger partial charge is 0.329 e. The van der Waals surface area contributed by atoms with Gasteiger partial charge in [0.25, 0.3) is 0 Å². The number of rotatable bonds is 3. The standard InChI is InChI=1S/C13H26N2S/c1-10(2)12-5-4-6-15(12)13(8-14)7-11(3)16-9-13/h10-12H,4-9,14H2,1-3H3. The molecule has 16 heavy (non-hydrogen) atoms. The van der Waals surface area contributed by atoms with Gasteiger partial charge in [-0.2, -0.15) is 11.8 Å². The van der Waals surface area contributed by atoms with Gasteiger partial charge in [0.05, 0.1) is 0 Å². The van der Waals surface area contributed by atoms with Crippen LogP contribution in [0.5, 0.6) is 0 Å². The SMILES string of the molecule is CC1CC(CN)(N2CCCC2C(C)C)CS1. The molecule has 0 spiro atoms. The molecule has 2 fully saturated rings. The Hall–Kier alpha value is 0.270. The van der Waals surface area contributed by atoms with Crippen LogP contribution in [0.1, 0.15) is 40.0 Å². The molecule has 2 heterocycles. The Bertz CT molecular complexity index is 244. The summed E-state index contributed by atoms with van der Waals surface area (Å²) in [5.41, 5.74) is 6.43. The highest BCUT2D eigenvalue weighted by molar-refractivity contribution is 8.00. The van der Waals surface area contributed by atoms with Crippen LogP contribution in [-0.2, 0) is 0 Å². The van der Waals surface area contributed by atoms with E-state index in [1.165, 1.54) is 31.6 Å². The van der Waals surface area contributed by atoms with Crippen molar-refractivity contribution in [1.82, 2.24) is 4.90 Å². The van der Waals surface area contributed by atoms with Gasteiger partial charge in [0.1, 0.15) is 0 Å². The molecule has 0 radical (unpaired) electrons. The van der Waals surface area contributed by atoms with E-state index >= 15 is 0 Å². The molecule has 0 aromatic heterocycles. The number of hydrogen-bond donors (Lipinski definition) is 1. The van der Waals surface area contributed by atoms with Crippen LogP contribution in [0, 0.1) is 5.92 Å². The smallest absolute Gasteiger partial charge is 0.0435 e. The minimum absolute atomic E-state index is 0.315. The maximum atomic E-state index is 6.12. The summed E-state index contributed by atoms with van der Waals surface area (Å²) in [5, 5.41) is 0.789. The zero-order valence-corrected chi connectivity index (χ0v) is 11.7. The van der Waals surface area contributed by atoms with Gasteiger partial charge < -0.3 is 5.73 Å². The van der Waals surface area contributed by atoms with E-state index in [2.05, 4.69) is 37.4 Å². The van der Waals surface area contributed by atoms with Gasteiger partial charge >= 0.3 is 0 Å². The Labute approximate surface area is 104 Å². The molecule has 0 aliphatic carbocycles. The van der Waals surface area contributed by atoms with Crippen LogP contribution in [0.3, 0.4) is 0 Å². The lowest BCUT2D eigenvalue weighted by molar-refractivity contribution is 0.0760. The first-order valence-corrected chi connectivity index (χ1v) is 7.72. The molecular weight excluding hydrogens is 216 g/mol. The van der Waals surface area contributed by atoms with E-state index in [4.69, 9.17) is 5.73 Å². The molecular formula is C13H26N2S. The van der Waals surface area contributed by atoms with Crippen LogP contribution in [0.25, 0.3) is 0 Å². The van der Waals surface area contributed by atoms with Gasteiger partial charge in [0, 0.05) is 29.1 Å². The Morgan fingerprint density at radius 3 is 2.75 bits per heavy atom. The van der Waals surface area contributed by atoms with Crippen LogP contribution in [-0.4, -0.2) is 40.6 Å². The summed E-state index contributed by atoms with van der Waals surface area (Å²) in [5.74, 6) is 2.01. The summed E-state index contributed by atoms with van der Waals surface area (Å²) in [6.45, 7) is 9.18. The van der Waals surface area contributed by atoms with Crippen LogP contribution < -0.4 is 5.73 Å². The van der Waals surface area contributed by atoms with Crippen LogP contribution in [0.2, 0.25) is 0 Å².